The van der Waals surface area contributed by atoms with Crippen LogP contribution in [-0.4, -0.2) is 23.9 Å². The van der Waals surface area contributed by atoms with Gasteiger partial charge in [0.25, 0.3) is 0 Å². The number of hydrogen-bond donors (Lipinski definition) is 0. The third-order valence-corrected chi connectivity index (χ3v) is 1.09. The van der Waals surface area contributed by atoms with Gasteiger partial charge in [0.2, 0.25) is 11.8 Å². The lowest BCUT2D eigenvalue weighted by Crippen LogP contribution is -1.93. The Morgan fingerprint density at radius 3 is 2.80 bits per heavy atom. The van der Waals surface area contributed by atoms with Crippen molar-refractivity contribution in [1.82, 2.24) is 10.2 Å². The molecule has 0 aliphatic carbocycles. The van der Waals surface area contributed by atoms with Crippen molar-refractivity contribution < 1.29 is 9.15 Å². The van der Waals surface area contributed by atoms with Gasteiger partial charge in [-0.2, -0.15) is 0 Å². The molecule has 10 heavy (non-hydrogen) atoms. The smallest absolute Gasteiger partial charge is 0.218 e. The van der Waals surface area contributed by atoms with Crippen molar-refractivity contribution in [3.63, 3.8) is 0 Å². The standard InChI is InChI=1S/C6H10N2O2/c1-5-7-8-6(10-5)3-4-9-2/h3-4H2,1-2H3. The summed E-state index contributed by atoms with van der Waals surface area (Å²) >= 11 is 0. The SMILES string of the molecule is COCCc1nnc(C)o1. The van der Waals surface area contributed by atoms with E-state index in [4.69, 9.17) is 9.15 Å². The van der Waals surface area contributed by atoms with Gasteiger partial charge in [-0.1, -0.05) is 0 Å². The van der Waals surface area contributed by atoms with Gasteiger partial charge in [0.15, 0.2) is 0 Å². The van der Waals surface area contributed by atoms with Crippen LogP contribution >= 0.6 is 0 Å². The Labute approximate surface area is 59.2 Å². The zero-order valence-corrected chi connectivity index (χ0v) is 6.13. The Balaban J connectivity index is 2.42. The fourth-order valence-corrected chi connectivity index (χ4v) is 0.628. The first-order valence-electron chi connectivity index (χ1n) is 3.11. The topological polar surface area (TPSA) is 48.2 Å². The number of hydrogen-bond acceptors (Lipinski definition) is 4. The lowest BCUT2D eigenvalue weighted by molar-refractivity contribution is 0.194. The van der Waals surface area contributed by atoms with Crippen molar-refractivity contribution >= 4 is 0 Å². The van der Waals surface area contributed by atoms with Gasteiger partial charge in [-0.05, 0) is 0 Å². The maximum atomic E-state index is 5.08. The summed E-state index contributed by atoms with van der Waals surface area (Å²) < 4.78 is 9.91. The maximum absolute atomic E-state index is 5.08. The van der Waals surface area contributed by atoms with Gasteiger partial charge >= 0.3 is 0 Å². The molecule has 0 bridgehead atoms. The van der Waals surface area contributed by atoms with Gasteiger partial charge in [-0.3, -0.25) is 0 Å². The van der Waals surface area contributed by atoms with Gasteiger partial charge in [-0.25, -0.2) is 0 Å². The van der Waals surface area contributed by atoms with Crippen molar-refractivity contribution in [2.24, 2.45) is 0 Å². The molecule has 0 spiro atoms. The molecule has 1 aromatic rings. The average molecular weight is 142 g/mol. The first-order chi connectivity index (χ1) is 4.83. The van der Waals surface area contributed by atoms with Crippen LogP contribution in [0, 0.1) is 6.92 Å². The third-order valence-electron chi connectivity index (χ3n) is 1.09. The maximum Gasteiger partial charge on any atom is 0.218 e. The average Bonchev–Trinajstić information content (AvgIpc) is 2.31. The van der Waals surface area contributed by atoms with E-state index in [2.05, 4.69) is 10.2 Å². The number of ether oxygens (including phenoxy) is 1. The van der Waals surface area contributed by atoms with Crippen molar-refractivity contribution in [1.29, 1.82) is 0 Å². The quantitative estimate of drug-likeness (QED) is 0.619. The van der Waals surface area contributed by atoms with E-state index in [0.717, 1.165) is 0 Å². The van der Waals surface area contributed by atoms with Crippen LogP contribution in [0.2, 0.25) is 0 Å². The molecule has 0 unspecified atom stereocenters. The van der Waals surface area contributed by atoms with Gasteiger partial charge in [-0.15, -0.1) is 10.2 Å². The van der Waals surface area contributed by atoms with Crippen LogP contribution in [0.3, 0.4) is 0 Å². The Morgan fingerprint density at radius 2 is 2.30 bits per heavy atom. The highest BCUT2D eigenvalue weighted by Crippen LogP contribution is 1.97. The van der Waals surface area contributed by atoms with Crippen molar-refractivity contribution in [2.45, 2.75) is 13.3 Å². The van der Waals surface area contributed by atoms with E-state index in [-0.39, 0.29) is 0 Å². The second kappa shape index (κ2) is 3.31. The van der Waals surface area contributed by atoms with E-state index in [1.165, 1.54) is 0 Å². The van der Waals surface area contributed by atoms with Crippen LogP contribution in [0.4, 0.5) is 0 Å². The van der Waals surface area contributed by atoms with E-state index < -0.39 is 0 Å². The van der Waals surface area contributed by atoms with Crippen LogP contribution in [0.15, 0.2) is 4.42 Å². The van der Waals surface area contributed by atoms with Crippen LogP contribution in [0.5, 0.6) is 0 Å². The number of methoxy groups -OCH3 is 1. The molecule has 4 heteroatoms. The highest BCUT2D eigenvalue weighted by Gasteiger charge is 1.99. The first-order valence-corrected chi connectivity index (χ1v) is 3.11. The van der Waals surface area contributed by atoms with E-state index in [1.807, 2.05) is 0 Å². The van der Waals surface area contributed by atoms with Crippen LogP contribution in [-0.2, 0) is 11.2 Å². The summed E-state index contributed by atoms with van der Waals surface area (Å²) in [7, 11) is 1.64. The normalized spacial score (nSPS) is 10.2. The molecule has 0 saturated heterocycles. The zero-order chi connectivity index (χ0) is 7.40. The minimum Gasteiger partial charge on any atom is -0.426 e. The van der Waals surface area contributed by atoms with Crippen LogP contribution in [0.25, 0.3) is 0 Å². The molecule has 0 saturated carbocycles. The summed E-state index contributed by atoms with van der Waals surface area (Å²) in [6.45, 7) is 2.39. The number of nitrogens with zero attached hydrogens (tertiary/aromatic N) is 2. The molecule has 0 aliphatic rings. The van der Waals surface area contributed by atoms with Gasteiger partial charge in [0, 0.05) is 20.5 Å². The zero-order valence-electron chi connectivity index (χ0n) is 6.13. The molecule has 1 heterocycles. The predicted molar refractivity (Wildman–Crippen MR) is 34.6 cm³/mol. The largest absolute Gasteiger partial charge is 0.426 e. The lowest BCUT2D eigenvalue weighted by atomic mass is 10.5. The monoisotopic (exact) mass is 142 g/mol. The highest BCUT2D eigenvalue weighted by molar-refractivity contribution is 4.78. The highest BCUT2D eigenvalue weighted by atomic mass is 16.5. The number of rotatable bonds is 3. The Kier molecular flexibility index (Phi) is 2.39. The summed E-state index contributed by atoms with van der Waals surface area (Å²) in [6, 6.07) is 0. The van der Waals surface area contributed by atoms with Crippen LogP contribution < -0.4 is 0 Å². The fraction of sp³-hybridized carbons (Fsp3) is 0.667. The molecule has 1 aromatic heterocycles. The first kappa shape index (κ1) is 7.21. The summed E-state index contributed by atoms with van der Waals surface area (Å²) in [4.78, 5) is 0. The second-order valence-corrected chi connectivity index (χ2v) is 1.96. The summed E-state index contributed by atoms with van der Waals surface area (Å²) in [5.41, 5.74) is 0. The molecule has 0 aromatic carbocycles. The Bertz CT molecular complexity index is 197. The molecule has 0 aliphatic heterocycles. The molecule has 4 nitrogen and oxygen atoms in total. The van der Waals surface area contributed by atoms with Crippen molar-refractivity contribution in [3.8, 4) is 0 Å². The van der Waals surface area contributed by atoms with E-state index in [9.17, 15) is 0 Å². The second-order valence-electron chi connectivity index (χ2n) is 1.96. The van der Waals surface area contributed by atoms with E-state index in [0.29, 0.717) is 24.8 Å². The fourth-order valence-electron chi connectivity index (χ4n) is 0.628. The molecule has 1 rings (SSSR count). The van der Waals surface area contributed by atoms with Crippen LogP contribution in [0.1, 0.15) is 11.8 Å². The molecular formula is C6H10N2O2. The summed E-state index contributed by atoms with van der Waals surface area (Å²) in [6.07, 6.45) is 0.692. The van der Waals surface area contributed by atoms with Crippen molar-refractivity contribution in [3.05, 3.63) is 11.8 Å². The molecule has 0 amide bonds. The molecule has 0 fully saturated rings. The summed E-state index contributed by atoms with van der Waals surface area (Å²) in [5, 5.41) is 7.45. The number of aromatic nitrogens is 2. The molecule has 56 valence electrons. The van der Waals surface area contributed by atoms with Gasteiger partial charge in [0.05, 0.1) is 6.61 Å². The van der Waals surface area contributed by atoms with Crippen molar-refractivity contribution in [2.75, 3.05) is 13.7 Å². The van der Waals surface area contributed by atoms with Gasteiger partial charge in [0.1, 0.15) is 0 Å². The molecular weight excluding hydrogens is 132 g/mol. The van der Waals surface area contributed by atoms with Gasteiger partial charge < -0.3 is 9.15 Å². The minimum atomic E-state index is 0.603. The Hall–Kier alpha value is -0.900. The molecule has 0 radical (unpaired) electrons. The molecule has 0 N–H and O–H groups in total. The lowest BCUT2D eigenvalue weighted by Gasteiger charge is -1.90. The molecule has 0 atom stereocenters. The van der Waals surface area contributed by atoms with E-state index in [1.54, 1.807) is 14.0 Å². The predicted octanol–water partition coefficient (Wildman–Crippen LogP) is 0.567. The van der Waals surface area contributed by atoms with E-state index >= 15 is 0 Å². The minimum absolute atomic E-state index is 0.603. The summed E-state index contributed by atoms with van der Waals surface area (Å²) in [5.74, 6) is 1.24. The third kappa shape index (κ3) is 1.80. The number of aryl methyl sites for hydroxylation is 1. The Morgan fingerprint density at radius 1 is 1.50 bits per heavy atom.